The van der Waals surface area contributed by atoms with Crippen molar-refractivity contribution in [2.45, 2.75) is 31.7 Å². The molecule has 0 bridgehead atoms. The average Bonchev–Trinajstić information content (AvgIpc) is 2.66. The number of piperidine rings is 1. The van der Waals surface area contributed by atoms with Gasteiger partial charge in [-0.3, -0.25) is 9.59 Å². The molecule has 2 N–H and O–H groups in total. The molecule has 0 spiro atoms. The second kappa shape index (κ2) is 6.81. The first kappa shape index (κ1) is 14.3. The number of nitrogens with zero attached hydrogens (tertiary/aromatic N) is 1. The Morgan fingerprint density at radius 1 is 1.47 bits per heavy atom. The number of hydrogen-bond donors (Lipinski definition) is 2. The molecule has 0 saturated carbocycles. The summed E-state index contributed by atoms with van der Waals surface area (Å²) in [6, 6.07) is 0.235. The van der Waals surface area contributed by atoms with Crippen LogP contribution in [0.3, 0.4) is 0 Å². The highest BCUT2D eigenvalue weighted by molar-refractivity contribution is 5.86. The summed E-state index contributed by atoms with van der Waals surface area (Å²) in [5.41, 5.74) is 0. The van der Waals surface area contributed by atoms with Gasteiger partial charge in [-0.25, -0.2) is 0 Å². The van der Waals surface area contributed by atoms with Crippen molar-refractivity contribution in [1.29, 1.82) is 0 Å². The predicted octanol–water partition coefficient (Wildman–Crippen LogP) is -0.101. The van der Waals surface area contributed by atoms with Gasteiger partial charge >= 0.3 is 0 Å². The summed E-state index contributed by atoms with van der Waals surface area (Å²) in [5, 5.41) is 6.22. The van der Waals surface area contributed by atoms with E-state index in [0.717, 1.165) is 38.9 Å². The highest BCUT2D eigenvalue weighted by atomic mass is 35.5. The SMILES string of the molecule is Cl.O=C(CN1CCCC1=O)NC1CCCNC1. The van der Waals surface area contributed by atoms with Crippen LogP contribution in [0.15, 0.2) is 0 Å². The molecular formula is C11H20ClN3O2. The number of rotatable bonds is 3. The second-order valence-corrected chi connectivity index (χ2v) is 4.53. The lowest BCUT2D eigenvalue weighted by Crippen LogP contribution is -2.48. The monoisotopic (exact) mass is 261 g/mol. The lowest BCUT2D eigenvalue weighted by Gasteiger charge is -2.25. The Labute approximate surface area is 108 Å². The molecule has 2 fully saturated rings. The quantitative estimate of drug-likeness (QED) is 0.746. The highest BCUT2D eigenvalue weighted by Crippen LogP contribution is 2.08. The smallest absolute Gasteiger partial charge is 0.239 e. The van der Waals surface area contributed by atoms with Gasteiger partial charge in [0.05, 0.1) is 6.54 Å². The van der Waals surface area contributed by atoms with Crippen LogP contribution in [0, 0.1) is 0 Å². The van der Waals surface area contributed by atoms with Crippen LogP contribution in [0.4, 0.5) is 0 Å². The van der Waals surface area contributed by atoms with Crippen molar-refractivity contribution >= 4 is 24.2 Å². The van der Waals surface area contributed by atoms with E-state index in [2.05, 4.69) is 10.6 Å². The molecule has 0 aromatic heterocycles. The molecule has 98 valence electrons. The summed E-state index contributed by atoms with van der Waals surface area (Å²) in [4.78, 5) is 24.7. The summed E-state index contributed by atoms with van der Waals surface area (Å²) >= 11 is 0. The first-order valence-electron chi connectivity index (χ1n) is 6.03. The zero-order valence-corrected chi connectivity index (χ0v) is 10.7. The molecule has 17 heavy (non-hydrogen) atoms. The predicted molar refractivity (Wildman–Crippen MR) is 67.1 cm³/mol. The molecule has 0 aromatic carbocycles. The van der Waals surface area contributed by atoms with Crippen molar-refractivity contribution in [2.24, 2.45) is 0 Å². The van der Waals surface area contributed by atoms with Crippen LogP contribution in [0.1, 0.15) is 25.7 Å². The number of amides is 2. The maximum atomic E-state index is 11.7. The largest absolute Gasteiger partial charge is 0.351 e. The molecular weight excluding hydrogens is 242 g/mol. The lowest BCUT2D eigenvalue weighted by atomic mass is 10.1. The standard InChI is InChI=1S/C11H19N3O2.ClH/c15-10(8-14-6-2-4-11(14)16)13-9-3-1-5-12-7-9;/h9,12H,1-8H2,(H,13,15);1H. The zero-order valence-electron chi connectivity index (χ0n) is 9.91. The Hall–Kier alpha value is -0.810. The third-order valence-electron chi connectivity index (χ3n) is 3.17. The maximum Gasteiger partial charge on any atom is 0.239 e. The molecule has 2 aliphatic rings. The van der Waals surface area contributed by atoms with Crippen molar-refractivity contribution in [3.63, 3.8) is 0 Å². The number of likely N-dealkylation sites (tertiary alicyclic amines) is 1. The number of carbonyl (C=O) groups excluding carboxylic acids is 2. The van der Waals surface area contributed by atoms with Crippen molar-refractivity contribution in [3.8, 4) is 0 Å². The lowest BCUT2D eigenvalue weighted by molar-refractivity contribution is -0.133. The Kier molecular flexibility index (Phi) is 5.71. The fraction of sp³-hybridized carbons (Fsp3) is 0.818. The van der Waals surface area contributed by atoms with E-state index in [1.807, 2.05) is 0 Å². The minimum Gasteiger partial charge on any atom is -0.351 e. The van der Waals surface area contributed by atoms with E-state index in [4.69, 9.17) is 0 Å². The Bertz CT molecular complexity index is 280. The maximum absolute atomic E-state index is 11.7. The number of hydrogen-bond acceptors (Lipinski definition) is 3. The van der Waals surface area contributed by atoms with Crippen LogP contribution in [-0.4, -0.2) is 48.9 Å². The summed E-state index contributed by atoms with van der Waals surface area (Å²) in [6.45, 7) is 2.85. The average molecular weight is 262 g/mol. The van der Waals surface area contributed by atoms with Crippen molar-refractivity contribution in [2.75, 3.05) is 26.2 Å². The minimum atomic E-state index is -0.0241. The van der Waals surface area contributed by atoms with E-state index >= 15 is 0 Å². The topological polar surface area (TPSA) is 61.4 Å². The van der Waals surface area contributed by atoms with Crippen molar-refractivity contribution in [1.82, 2.24) is 15.5 Å². The normalized spacial score (nSPS) is 24.4. The van der Waals surface area contributed by atoms with Gasteiger partial charge in [0.1, 0.15) is 0 Å². The minimum absolute atomic E-state index is 0. The third-order valence-corrected chi connectivity index (χ3v) is 3.17. The highest BCUT2D eigenvalue weighted by Gasteiger charge is 2.23. The molecule has 1 atom stereocenters. The second-order valence-electron chi connectivity index (χ2n) is 4.53. The van der Waals surface area contributed by atoms with Gasteiger partial charge in [0.15, 0.2) is 0 Å². The fourth-order valence-corrected chi connectivity index (χ4v) is 2.29. The van der Waals surface area contributed by atoms with Gasteiger partial charge in [-0.15, -0.1) is 12.4 Å². The zero-order chi connectivity index (χ0) is 11.4. The molecule has 0 radical (unpaired) electrons. The van der Waals surface area contributed by atoms with Crippen LogP contribution in [0.5, 0.6) is 0 Å². The molecule has 2 heterocycles. The Balaban J connectivity index is 0.00000144. The Morgan fingerprint density at radius 2 is 2.29 bits per heavy atom. The molecule has 2 rings (SSSR count). The van der Waals surface area contributed by atoms with Gasteiger partial charge < -0.3 is 15.5 Å². The van der Waals surface area contributed by atoms with Crippen LogP contribution >= 0.6 is 12.4 Å². The van der Waals surface area contributed by atoms with Gasteiger partial charge in [0, 0.05) is 25.6 Å². The molecule has 1 unspecified atom stereocenters. The summed E-state index contributed by atoms with van der Waals surface area (Å²) in [6.07, 6.45) is 3.62. The van der Waals surface area contributed by atoms with Gasteiger partial charge in [-0.1, -0.05) is 0 Å². The first-order chi connectivity index (χ1) is 7.75. The molecule has 2 saturated heterocycles. The van der Waals surface area contributed by atoms with E-state index in [0.29, 0.717) is 6.42 Å². The van der Waals surface area contributed by atoms with Crippen LogP contribution in [-0.2, 0) is 9.59 Å². The number of nitrogens with one attached hydrogen (secondary N) is 2. The molecule has 5 nitrogen and oxygen atoms in total. The molecule has 2 amide bonds. The van der Waals surface area contributed by atoms with Gasteiger partial charge in [0.25, 0.3) is 0 Å². The van der Waals surface area contributed by atoms with Crippen molar-refractivity contribution in [3.05, 3.63) is 0 Å². The van der Waals surface area contributed by atoms with Gasteiger partial charge in [-0.05, 0) is 25.8 Å². The number of carbonyl (C=O) groups is 2. The first-order valence-corrected chi connectivity index (χ1v) is 6.03. The summed E-state index contributed by atoms with van der Waals surface area (Å²) in [7, 11) is 0. The summed E-state index contributed by atoms with van der Waals surface area (Å²) < 4.78 is 0. The van der Waals surface area contributed by atoms with E-state index in [9.17, 15) is 9.59 Å². The van der Waals surface area contributed by atoms with E-state index in [1.165, 1.54) is 0 Å². The molecule has 2 aliphatic heterocycles. The van der Waals surface area contributed by atoms with Crippen molar-refractivity contribution < 1.29 is 9.59 Å². The van der Waals surface area contributed by atoms with Crippen LogP contribution < -0.4 is 10.6 Å². The molecule has 6 heteroatoms. The van der Waals surface area contributed by atoms with Crippen LogP contribution in [0.2, 0.25) is 0 Å². The van der Waals surface area contributed by atoms with E-state index in [-0.39, 0.29) is 36.8 Å². The van der Waals surface area contributed by atoms with Gasteiger partial charge in [0.2, 0.25) is 11.8 Å². The van der Waals surface area contributed by atoms with E-state index in [1.54, 1.807) is 4.90 Å². The molecule has 0 aliphatic carbocycles. The molecule has 0 aromatic rings. The number of halogens is 1. The summed E-state index contributed by atoms with van der Waals surface area (Å²) in [5.74, 6) is 0.0841. The third kappa shape index (κ3) is 4.16. The van der Waals surface area contributed by atoms with E-state index < -0.39 is 0 Å². The van der Waals surface area contributed by atoms with Crippen LogP contribution in [0.25, 0.3) is 0 Å². The van der Waals surface area contributed by atoms with Gasteiger partial charge in [-0.2, -0.15) is 0 Å². The fourth-order valence-electron chi connectivity index (χ4n) is 2.29. The Morgan fingerprint density at radius 3 is 2.88 bits per heavy atom.